The molecule has 7 heteroatoms. The number of piperidine rings is 1. The van der Waals surface area contributed by atoms with Crippen LogP contribution in [0.5, 0.6) is 0 Å². The third-order valence-electron chi connectivity index (χ3n) is 7.33. The molecular formula is C26H35N5O2. The summed E-state index contributed by atoms with van der Waals surface area (Å²) in [6, 6.07) is 6.07. The molecule has 0 N–H and O–H groups in total. The maximum Gasteiger partial charge on any atom is 0.225 e. The molecule has 2 fully saturated rings. The van der Waals surface area contributed by atoms with Crippen molar-refractivity contribution < 1.29 is 9.53 Å². The van der Waals surface area contributed by atoms with Gasteiger partial charge in [0.2, 0.25) is 5.91 Å². The number of pyridine rings is 1. The summed E-state index contributed by atoms with van der Waals surface area (Å²) in [4.78, 5) is 31.7. The smallest absolute Gasteiger partial charge is 0.225 e. The maximum atomic E-state index is 12.8. The molecule has 2 aromatic rings. The van der Waals surface area contributed by atoms with Gasteiger partial charge in [0, 0.05) is 49.6 Å². The molecule has 0 radical (unpaired) electrons. The van der Waals surface area contributed by atoms with Gasteiger partial charge in [0.25, 0.3) is 0 Å². The second kappa shape index (κ2) is 10.2. The van der Waals surface area contributed by atoms with Gasteiger partial charge < -0.3 is 14.5 Å². The zero-order valence-electron chi connectivity index (χ0n) is 19.7. The van der Waals surface area contributed by atoms with E-state index in [-0.39, 0.29) is 12.0 Å². The zero-order valence-corrected chi connectivity index (χ0v) is 19.7. The Bertz CT molecular complexity index is 953. The number of aryl methyl sites for hydroxylation is 1. The van der Waals surface area contributed by atoms with Gasteiger partial charge in [-0.1, -0.05) is 6.07 Å². The second-order valence-electron chi connectivity index (χ2n) is 9.66. The molecule has 176 valence electrons. The number of ether oxygens (including phenoxy) is 1. The van der Waals surface area contributed by atoms with Crippen LogP contribution in [0.1, 0.15) is 73.6 Å². The molecule has 0 bridgehead atoms. The predicted molar refractivity (Wildman–Crippen MR) is 127 cm³/mol. The molecule has 5 heterocycles. The molecule has 5 rings (SSSR count). The van der Waals surface area contributed by atoms with Crippen LogP contribution in [0.4, 0.5) is 5.82 Å². The van der Waals surface area contributed by atoms with Crippen LogP contribution in [0.2, 0.25) is 0 Å². The van der Waals surface area contributed by atoms with Gasteiger partial charge in [-0.15, -0.1) is 0 Å². The van der Waals surface area contributed by atoms with E-state index in [0.29, 0.717) is 12.3 Å². The summed E-state index contributed by atoms with van der Waals surface area (Å²) in [5.41, 5.74) is 3.45. The fourth-order valence-electron chi connectivity index (χ4n) is 5.41. The molecule has 2 saturated heterocycles. The Balaban J connectivity index is 1.25. The van der Waals surface area contributed by atoms with Gasteiger partial charge in [-0.3, -0.25) is 9.78 Å². The molecule has 0 spiro atoms. The number of amides is 1. The standard InChI is InChI=1S/C26H35N5O2/c1-19-23-9-6-13-31(18-21-7-2-4-12-27-21)26(23)29-25(28-19)20-10-14-30(15-11-20)24(32)17-22-8-3-5-16-33-22/h2,4,7,12,20,22H,3,5-6,8-11,13-18H2,1H3/t22-/m1/s1. The number of carbonyl (C=O) groups excluding carboxylic acids is 1. The molecule has 0 saturated carbocycles. The van der Waals surface area contributed by atoms with E-state index in [9.17, 15) is 4.79 Å². The highest BCUT2D eigenvalue weighted by atomic mass is 16.5. The predicted octanol–water partition coefficient (Wildman–Crippen LogP) is 3.80. The summed E-state index contributed by atoms with van der Waals surface area (Å²) in [7, 11) is 0. The van der Waals surface area contributed by atoms with E-state index in [1.54, 1.807) is 0 Å². The number of likely N-dealkylation sites (tertiary alicyclic amines) is 1. The van der Waals surface area contributed by atoms with Crippen molar-refractivity contribution in [3.8, 4) is 0 Å². The number of fused-ring (bicyclic) bond motifs is 1. The fraction of sp³-hybridized carbons (Fsp3) is 0.615. The van der Waals surface area contributed by atoms with Gasteiger partial charge in [0.15, 0.2) is 0 Å². The summed E-state index contributed by atoms with van der Waals surface area (Å²) in [6.45, 7) is 6.26. The van der Waals surface area contributed by atoms with Gasteiger partial charge in [0.1, 0.15) is 11.6 Å². The highest BCUT2D eigenvalue weighted by Gasteiger charge is 2.30. The van der Waals surface area contributed by atoms with E-state index >= 15 is 0 Å². The highest BCUT2D eigenvalue weighted by Crippen LogP contribution is 2.33. The van der Waals surface area contributed by atoms with Gasteiger partial charge in [-0.25, -0.2) is 9.97 Å². The summed E-state index contributed by atoms with van der Waals surface area (Å²) >= 11 is 0. The van der Waals surface area contributed by atoms with Crippen LogP contribution in [0, 0.1) is 6.92 Å². The van der Waals surface area contributed by atoms with Crippen LogP contribution in [-0.4, -0.2) is 58.1 Å². The third-order valence-corrected chi connectivity index (χ3v) is 7.33. The van der Waals surface area contributed by atoms with Crippen LogP contribution in [0.25, 0.3) is 0 Å². The Morgan fingerprint density at radius 3 is 2.73 bits per heavy atom. The largest absolute Gasteiger partial charge is 0.378 e. The Morgan fingerprint density at radius 1 is 1.09 bits per heavy atom. The minimum atomic E-state index is 0.112. The lowest BCUT2D eigenvalue weighted by Crippen LogP contribution is -2.40. The molecule has 0 aromatic carbocycles. The lowest BCUT2D eigenvalue weighted by Gasteiger charge is -2.34. The number of nitrogens with zero attached hydrogens (tertiary/aromatic N) is 5. The lowest BCUT2D eigenvalue weighted by atomic mass is 9.94. The van der Waals surface area contributed by atoms with Crippen molar-refractivity contribution in [1.29, 1.82) is 0 Å². The number of aromatic nitrogens is 3. The van der Waals surface area contributed by atoms with Crippen molar-refractivity contribution in [3.05, 3.63) is 47.2 Å². The first kappa shape index (κ1) is 22.3. The van der Waals surface area contributed by atoms with Crippen molar-refractivity contribution in [2.45, 2.75) is 76.9 Å². The first-order valence-corrected chi connectivity index (χ1v) is 12.6. The summed E-state index contributed by atoms with van der Waals surface area (Å²) in [6.07, 6.45) is 9.81. The van der Waals surface area contributed by atoms with Crippen LogP contribution in [-0.2, 0) is 22.5 Å². The van der Waals surface area contributed by atoms with E-state index in [0.717, 1.165) is 94.3 Å². The molecular weight excluding hydrogens is 414 g/mol. The van der Waals surface area contributed by atoms with E-state index in [1.807, 2.05) is 23.2 Å². The van der Waals surface area contributed by atoms with E-state index < -0.39 is 0 Å². The minimum Gasteiger partial charge on any atom is -0.378 e. The van der Waals surface area contributed by atoms with Crippen molar-refractivity contribution in [2.75, 3.05) is 31.1 Å². The van der Waals surface area contributed by atoms with Crippen LogP contribution in [0.15, 0.2) is 24.4 Å². The second-order valence-corrected chi connectivity index (χ2v) is 9.66. The fourth-order valence-corrected chi connectivity index (χ4v) is 5.41. The van der Waals surface area contributed by atoms with Gasteiger partial charge in [-0.2, -0.15) is 0 Å². The SMILES string of the molecule is Cc1nc(C2CCN(C(=O)C[C@H]3CCCCO3)CC2)nc2c1CCCN2Cc1ccccn1. The van der Waals surface area contributed by atoms with E-state index in [1.165, 1.54) is 12.0 Å². The number of hydrogen-bond donors (Lipinski definition) is 0. The molecule has 0 aliphatic carbocycles. The zero-order chi connectivity index (χ0) is 22.6. The Labute approximate surface area is 196 Å². The monoisotopic (exact) mass is 449 g/mol. The molecule has 1 atom stereocenters. The van der Waals surface area contributed by atoms with Crippen LogP contribution in [0.3, 0.4) is 0 Å². The lowest BCUT2D eigenvalue weighted by molar-refractivity contribution is -0.136. The average molecular weight is 450 g/mol. The quantitative estimate of drug-likeness (QED) is 0.692. The number of carbonyl (C=O) groups is 1. The number of anilines is 1. The van der Waals surface area contributed by atoms with Crippen molar-refractivity contribution in [1.82, 2.24) is 19.9 Å². The van der Waals surface area contributed by atoms with Crippen molar-refractivity contribution >= 4 is 11.7 Å². The first-order chi connectivity index (χ1) is 16.2. The highest BCUT2D eigenvalue weighted by molar-refractivity contribution is 5.76. The number of rotatable bonds is 5. The first-order valence-electron chi connectivity index (χ1n) is 12.6. The van der Waals surface area contributed by atoms with Crippen molar-refractivity contribution in [3.63, 3.8) is 0 Å². The van der Waals surface area contributed by atoms with Crippen molar-refractivity contribution in [2.24, 2.45) is 0 Å². The topological polar surface area (TPSA) is 71.5 Å². The Kier molecular flexibility index (Phi) is 6.85. The van der Waals surface area contributed by atoms with Gasteiger partial charge in [0.05, 0.1) is 24.8 Å². The van der Waals surface area contributed by atoms with E-state index in [4.69, 9.17) is 14.7 Å². The molecule has 2 aromatic heterocycles. The van der Waals surface area contributed by atoms with Gasteiger partial charge in [-0.05, 0) is 64.0 Å². The normalized spacial score (nSPS) is 21.7. The maximum absolute atomic E-state index is 12.8. The van der Waals surface area contributed by atoms with E-state index in [2.05, 4.69) is 22.9 Å². The summed E-state index contributed by atoms with van der Waals surface area (Å²) in [5.74, 6) is 2.58. The Hall–Kier alpha value is -2.54. The Morgan fingerprint density at radius 2 is 1.97 bits per heavy atom. The molecule has 3 aliphatic rings. The number of hydrogen-bond acceptors (Lipinski definition) is 6. The van der Waals surface area contributed by atoms with Crippen LogP contribution >= 0.6 is 0 Å². The van der Waals surface area contributed by atoms with Crippen LogP contribution < -0.4 is 4.90 Å². The molecule has 3 aliphatic heterocycles. The summed E-state index contributed by atoms with van der Waals surface area (Å²) in [5, 5.41) is 0. The molecule has 7 nitrogen and oxygen atoms in total. The molecule has 0 unspecified atom stereocenters. The molecule has 33 heavy (non-hydrogen) atoms. The molecule has 1 amide bonds. The van der Waals surface area contributed by atoms with Gasteiger partial charge >= 0.3 is 0 Å². The average Bonchev–Trinajstić information content (AvgIpc) is 2.86. The minimum absolute atomic E-state index is 0.112. The third kappa shape index (κ3) is 5.18. The summed E-state index contributed by atoms with van der Waals surface area (Å²) < 4.78 is 5.77.